The number of carbonyl (C=O) groups excluding carboxylic acids is 3. The van der Waals surface area contributed by atoms with Gasteiger partial charge in [-0.15, -0.1) is 0 Å². The summed E-state index contributed by atoms with van der Waals surface area (Å²) in [6, 6.07) is 3.26. The average molecular weight is 292 g/mol. The largest absolute Gasteiger partial charge is 0.338 e. The molecule has 21 heavy (non-hydrogen) atoms. The Hall–Kier alpha value is -2.11. The molecule has 2 heterocycles. The molecule has 0 aliphatic carbocycles. The van der Waals surface area contributed by atoms with Gasteiger partial charge in [-0.2, -0.15) is 4.73 Å². The first-order valence-corrected chi connectivity index (χ1v) is 7.00. The molecule has 0 N–H and O–H groups in total. The van der Waals surface area contributed by atoms with Crippen LogP contribution in [-0.4, -0.2) is 40.4 Å². The first-order valence-electron chi connectivity index (χ1n) is 7.00. The molecular weight excluding hydrogens is 272 g/mol. The first-order chi connectivity index (χ1) is 9.79. The van der Waals surface area contributed by atoms with Gasteiger partial charge in [-0.1, -0.05) is 0 Å². The molecule has 2 rings (SSSR count). The molecule has 0 radical (unpaired) electrons. The number of hydrogen-bond donors (Lipinski definition) is 0. The van der Waals surface area contributed by atoms with Gasteiger partial charge in [-0.25, -0.2) is 4.79 Å². The molecule has 0 spiro atoms. The maximum atomic E-state index is 12.4. The summed E-state index contributed by atoms with van der Waals surface area (Å²) in [6.07, 6.45) is 2.30. The van der Waals surface area contributed by atoms with Gasteiger partial charge in [0.05, 0.1) is 5.41 Å². The van der Waals surface area contributed by atoms with Crippen molar-refractivity contribution in [3.63, 3.8) is 0 Å². The van der Waals surface area contributed by atoms with E-state index in [4.69, 9.17) is 4.84 Å². The quantitative estimate of drug-likeness (QED) is 0.824. The molecule has 0 atom stereocenters. The lowest BCUT2D eigenvalue weighted by molar-refractivity contribution is -0.153. The molecule has 0 aromatic carbocycles. The standard InChI is InChI=1S/C15H20N2O4/c1-15(2,3)14(20)21-17-8-4-5-12(17)13(19)16-9-6-11(18)7-10-16/h4-5,8H,6-7,9-10H2,1-3H3. The predicted octanol–water partition coefficient (Wildman–Crippen LogP) is 1.29. The molecule has 1 aliphatic heterocycles. The van der Waals surface area contributed by atoms with Crippen LogP contribution in [0.15, 0.2) is 18.3 Å². The van der Waals surface area contributed by atoms with E-state index in [1.54, 1.807) is 37.8 Å². The van der Waals surface area contributed by atoms with Crippen molar-refractivity contribution in [2.45, 2.75) is 33.6 Å². The molecule has 1 aliphatic rings. The molecule has 0 bridgehead atoms. The summed E-state index contributed by atoms with van der Waals surface area (Å²) < 4.78 is 1.20. The lowest BCUT2D eigenvalue weighted by atomic mass is 9.98. The number of aromatic nitrogens is 1. The maximum Gasteiger partial charge on any atom is 0.338 e. The summed E-state index contributed by atoms with van der Waals surface area (Å²) in [5.41, 5.74) is -0.357. The highest BCUT2D eigenvalue weighted by Crippen LogP contribution is 2.16. The number of hydrogen-bond acceptors (Lipinski definition) is 4. The van der Waals surface area contributed by atoms with Crippen molar-refractivity contribution in [2.24, 2.45) is 5.41 Å². The van der Waals surface area contributed by atoms with Crippen molar-refractivity contribution < 1.29 is 19.2 Å². The van der Waals surface area contributed by atoms with E-state index in [-0.39, 0.29) is 11.7 Å². The fraction of sp³-hybridized carbons (Fsp3) is 0.533. The predicted molar refractivity (Wildman–Crippen MR) is 75.6 cm³/mol. The van der Waals surface area contributed by atoms with Crippen LogP contribution in [0.3, 0.4) is 0 Å². The van der Waals surface area contributed by atoms with Gasteiger partial charge in [0, 0.05) is 32.1 Å². The number of rotatable bonds is 2. The fourth-order valence-electron chi connectivity index (χ4n) is 1.96. The second-order valence-electron chi connectivity index (χ2n) is 6.18. The first kappa shape index (κ1) is 15.3. The molecule has 6 nitrogen and oxygen atoms in total. The highest BCUT2D eigenvalue weighted by atomic mass is 16.7. The van der Waals surface area contributed by atoms with Crippen molar-refractivity contribution in [2.75, 3.05) is 13.1 Å². The number of Topliss-reactive ketones (excluding diaryl/α,β-unsaturated/α-hetero) is 1. The Morgan fingerprint density at radius 3 is 2.38 bits per heavy atom. The Balaban J connectivity index is 2.11. The zero-order chi connectivity index (χ0) is 15.6. The minimum atomic E-state index is -0.651. The van der Waals surface area contributed by atoms with Gasteiger partial charge in [-0.3, -0.25) is 9.59 Å². The van der Waals surface area contributed by atoms with Crippen LogP contribution in [0.2, 0.25) is 0 Å². The van der Waals surface area contributed by atoms with Crippen LogP contribution in [0.1, 0.15) is 44.1 Å². The van der Waals surface area contributed by atoms with Crippen LogP contribution < -0.4 is 4.84 Å². The SMILES string of the molecule is CC(C)(C)C(=O)On1cccc1C(=O)N1CCC(=O)CC1. The van der Waals surface area contributed by atoms with E-state index in [1.807, 2.05) is 0 Å². The molecule has 6 heteroatoms. The Morgan fingerprint density at radius 1 is 1.19 bits per heavy atom. The zero-order valence-corrected chi connectivity index (χ0v) is 12.6. The Morgan fingerprint density at radius 2 is 1.81 bits per heavy atom. The minimum absolute atomic E-state index is 0.175. The van der Waals surface area contributed by atoms with E-state index in [9.17, 15) is 14.4 Å². The summed E-state index contributed by atoms with van der Waals surface area (Å²) in [7, 11) is 0. The zero-order valence-electron chi connectivity index (χ0n) is 12.6. The van der Waals surface area contributed by atoms with Crippen LogP contribution >= 0.6 is 0 Å². The van der Waals surface area contributed by atoms with E-state index in [0.29, 0.717) is 31.6 Å². The molecule has 1 fully saturated rings. The Bertz CT molecular complexity index is 558. The van der Waals surface area contributed by atoms with Gasteiger partial charge in [0.15, 0.2) is 0 Å². The van der Waals surface area contributed by atoms with Crippen LogP contribution in [0.4, 0.5) is 0 Å². The number of ketones is 1. The van der Waals surface area contributed by atoms with Gasteiger partial charge in [0.2, 0.25) is 0 Å². The normalized spacial score (nSPS) is 16.0. The molecule has 0 unspecified atom stereocenters. The highest BCUT2D eigenvalue weighted by molar-refractivity contribution is 5.94. The average Bonchev–Trinajstić information content (AvgIpc) is 2.86. The molecular formula is C15H20N2O4. The van der Waals surface area contributed by atoms with Crippen molar-refractivity contribution in [3.8, 4) is 0 Å². The summed E-state index contributed by atoms with van der Waals surface area (Å²) >= 11 is 0. The lowest BCUT2D eigenvalue weighted by Gasteiger charge is -2.26. The van der Waals surface area contributed by atoms with Crippen LogP contribution in [0, 0.1) is 5.41 Å². The van der Waals surface area contributed by atoms with Crippen LogP contribution in [0.5, 0.6) is 0 Å². The van der Waals surface area contributed by atoms with Gasteiger partial charge in [0.1, 0.15) is 11.5 Å². The van der Waals surface area contributed by atoms with E-state index in [1.165, 1.54) is 10.9 Å². The van der Waals surface area contributed by atoms with Crippen molar-refractivity contribution in [3.05, 3.63) is 24.0 Å². The van der Waals surface area contributed by atoms with Gasteiger partial charge >= 0.3 is 5.97 Å². The third-order valence-corrected chi connectivity index (χ3v) is 3.33. The molecule has 1 aromatic rings. The molecule has 114 valence electrons. The number of amides is 1. The van der Waals surface area contributed by atoms with Gasteiger partial charge in [0.25, 0.3) is 5.91 Å². The maximum absolute atomic E-state index is 12.4. The third kappa shape index (κ3) is 3.51. The van der Waals surface area contributed by atoms with Crippen molar-refractivity contribution in [1.29, 1.82) is 0 Å². The summed E-state index contributed by atoms with van der Waals surface area (Å²) in [6.45, 7) is 6.07. The summed E-state index contributed by atoms with van der Waals surface area (Å²) in [5, 5.41) is 0. The fourth-order valence-corrected chi connectivity index (χ4v) is 1.96. The summed E-state index contributed by atoms with van der Waals surface area (Å²) in [5.74, 6) is -0.468. The van der Waals surface area contributed by atoms with E-state index < -0.39 is 11.4 Å². The highest BCUT2D eigenvalue weighted by Gasteiger charge is 2.28. The molecule has 1 aromatic heterocycles. The van der Waals surface area contributed by atoms with E-state index in [0.717, 1.165) is 0 Å². The molecule has 1 amide bonds. The lowest BCUT2D eigenvalue weighted by Crippen LogP contribution is -2.40. The van der Waals surface area contributed by atoms with Crippen LogP contribution in [-0.2, 0) is 9.59 Å². The van der Waals surface area contributed by atoms with Gasteiger partial charge < -0.3 is 9.74 Å². The molecule has 0 saturated carbocycles. The third-order valence-electron chi connectivity index (χ3n) is 3.33. The number of nitrogens with zero attached hydrogens (tertiary/aromatic N) is 2. The summed E-state index contributed by atoms with van der Waals surface area (Å²) in [4.78, 5) is 42.4. The Kier molecular flexibility index (Phi) is 4.16. The topological polar surface area (TPSA) is 68.6 Å². The van der Waals surface area contributed by atoms with Crippen molar-refractivity contribution in [1.82, 2.24) is 9.63 Å². The number of piperidine rings is 1. The smallest absolute Gasteiger partial charge is 0.336 e. The minimum Gasteiger partial charge on any atom is -0.336 e. The second-order valence-corrected chi connectivity index (χ2v) is 6.18. The van der Waals surface area contributed by atoms with E-state index in [2.05, 4.69) is 0 Å². The Labute approximate surface area is 123 Å². The monoisotopic (exact) mass is 292 g/mol. The number of carbonyl (C=O) groups is 3. The van der Waals surface area contributed by atoms with Crippen molar-refractivity contribution >= 4 is 17.7 Å². The second kappa shape index (κ2) is 5.71. The van der Waals surface area contributed by atoms with E-state index >= 15 is 0 Å². The van der Waals surface area contributed by atoms with Gasteiger partial charge in [-0.05, 0) is 32.9 Å². The van der Waals surface area contributed by atoms with Crippen LogP contribution in [0.25, 0.3) is 0 Å². The number of likely N-dealkylation sites (tertiary alicyclic amines) is 1. The molecule has 1 saturated heterocycles.